The van der Waals surface area contributed by atoms with Gasteiger partial charge in [0, 0.05) is 35.6 Å². The third-order valence-corrected chi connectivity index (χ3v) is 6.22. The van der Waals surface area contributed by atoms with E-state index in [4.69, 9.17) is 5.73 Å². The van der Waals surface area contributed by atoms with Gasteiger partial charge in [0.25, 0.3) is 0 Å². The van der Waals surface area contributed by atoms with Gasteiger partial charge in [0.2, 0.25) is 5.91 Å². The topological polar surface area (TPSA) is 79.2 Å². The molecule has 132 valence electrons. The molecule has 1 saturated heterocycles. The molecule has 2 heterocycles. The molecule has 1 amide bonds. The van der Waals surface area contributed by atoms with E-state index in [1.54, 1.807) is 0 Å². The minimum absolute atomic E-state index is 0.115. The van der Waals surface area contributed by atoms with Crippen LogP contribution in [0.3, 0.4) is 0 Å². The van der Waals surface area contributed by atoms with Crippen molar-refractivity contribution < 1.29 is 9.59 Å². The van der Waals surface area contributed by atoms with Gasteiger partial charge >= 0.3 is 0 Å². The van der Waals surface area contributed by atoms with Crippen LogP contribution in [0.15, 0.2) is 24.4 Å². The SMILES string of the molecule is CC(=O)C(C[C@@H]1CC2c3cccc4[nH]cc(c34)C[C@H]2N(C)C1)C(N)=O. The van der Waals surface area contributed by atoms with E-state index in [1.165, 1.54) is 29.0 Å². The number of hydrogen-bond acceptors (Lipinski definition) is 3. The van der Waals surface area contributed by atoms with E-state index in [0.717, 1.165) is 19.4 Å². The van der Waals surface area contributed by atoms with Gasteiger partial charge in [0.15, 0.2) is 0 Å². The van der Waals surface area contributed by atoms with Gasteiger partial charge in [-0.3, -0.25) is 9.59 Å². The molecule has 5 heteroatoms. The fourth-order valence-electron chi connectivity index (χ4n) is 5.04. The smallest absolute Gasteiger partial charge is 0.227 e. The highest BCUT2D eigenvalue weighted by Crippen LogP contribution is 2.45. The number of likely N-dealkylation sites (tertiary alicyclic amines) is 1. The summed E-state index contributed by atoms with van der Waals surface area (Å²) in [4.78, 5) is 29.2. The molecule has 25 heavy (non-hydrogen) atoms. The summed E-state index contributed by atoms with van der Waals surface area (Å²) in [6, 6.07) is 6.97. The van der Waals surface area contributed by atoms with Gasteiger partial charge in [-0.2, -0.15) is 0 Å². The molecule has 2 aromatic rings. The molecule has 0 spiro atoms. The number of fused-ring (bicyclic) bond motifs is 2. The Bertz CT molecular complexity index is 827. The summed E-state index contributed by atoms with van der Waals surface area (Å²) < 4.78 is 0. The maximum atomic E-state index is 11.8. The second-order valence-corrected chi connectivity index (χ2v) is 7.80. The first-order valence-corrected chi connectivity index (χ1v) is 9.04. The quantitative estimate of drug-likeness (QED) is 0.838. The Labute approximate surface area is 147 Å². The van der Waals surface area contributed by atoms with Gasteiger partial charge in [-0.05, 0) is 56.3 Å². The van der Waals surface area contributed by atoms with Crippen LogP contribution < -0.4 is 5.73 Å². The molecule has 3 N–H and O–H groups in total. The van der Waals surface area contributed by atoms with Crippen LogP contribution in [0.2, 0.25) is 0 Å². The molecule has 4 atom stereocenters. The van der Waals surface area contributed by atoms with Crippen LogP contribution in [-0.4, -0.2) is 41.2 Å². The zero-order valence-electron chi connectivity index (χ0n) is 14.8. The number of likely N-dealkylation sites (N-methyl/N-ethyl adjacent to an activating group) is 1. The number of nitrogens with one attached hydrogen (secondary N) is 1. The number of ketones is 1. The van der Waals surface area contributed by atoms with Crippen molar-refractivity contribution in [2.24, 2.45) is 17.6 Å². The lowest BCUT2D eigenvalue weighted by atomic mass is 9.71. The summed E-state index contributed by atoms with van der Waals surface area (Å²) in [6.07, 6.45) is 4.77. The Morgan fingerprint density at radius 2 is 2.20 bits per heavy atom. The number of hydrogen-bond donors (Lipinski definition) is 2. The van der Waals surface area contributed by atoms with Crippen LogP contribution in [0.1, 0.15) is 36.8 Å². The number of aromatic nitrogens is 1. The van der Waals surface area contributed by atoms with Crippen molar-refractivity contribution >= 4 is 22.6 Å². The highest BCUT2D eigenvalue weighted by atomic mass is 16.2. The van der Waals surface area contributed by atoms with E-state index in [9.17, 15) is 9.59 Å². The molecule has 1 aromatic carbocycles. The molecular weight excluding hydrogens is 314 g/mol. The maximum absolute atomic E-state index is 11.8. The van der Waals surface area contributed by atoms with E-state index in [-0.39, 0.29) is 5.78 Å². The van der Waals surface area contributed by atoms with Crippen LogP contribution in [0.5, 0.6) is 0 Å². The molecule has 1 fully saturated rings. The predicted octanol–water partition coefficient (Wildman–Crippen LogP) is 2.21. The van der Waals surface area contributed by atoms with Gasteiger partial charge in [0.05, 0.1) is 5.92 Å². The molecule has 0 saturated carbocycles. The standard InChI is InChI=1S/C20H25N3O2/c1-11(24)15(20(21)25)6-12-7-16-14-4-3-5-17-19(14)13(9-22-17)8-18(16)23(2)10-12/h3-5,9,12,15-16,18,22H,6-8,10H2,1-2H3,(H2,21,25)/t12-,15?,16?,18-/m1/s1. The number of piperidine rings is 1. The first kappa shape index (κ1) is 16.3. The normalized spacial score (nSPS) is 27.0. The van der Waals surface area contributed by atoms with E-state index in [2.05, 4.69) is 41.3 Å². The summed E-state index contributed by atoms with van der Waals surface area (Å²) in [5, 5.41) is 1.37. The van der Waals surface area contributed by atoms with Crippen molar-refractivity contribution in [2.75, 3.05) is 13.6 Å². The Hall–Kier alpha value is -2.14. The summed E-state index contributed by atoms with van der Waals surface area (Å²) >= 11 is 0. The number of carbonyl (C=O) groups excluding carboxylic acids is 2. The largest absolute Gasteiger partial charge is 0.369 e. The van der Waals surface area contributed by atoms with Crippen molar-refractivity contribution in [2.45, 2.75) is 38.1 Å². The third kappa shape index (κ3) is 2.67. The average Bonchev–Trinajstić information content (AvgIpc) is 2.98. The molecule has 0 radical (unpaired) electrons. The number of nitrogens with two attached hydrogens (primary N) is 1. The number of aromatic amines is 1. The molecular formula is C20H25N3O2. The second-order valence-electron chi connectivity index (χ2n) is 7.80. The zero-order chi connectivity index (χ0) is 17.7. The monoisotopic (exact) mass is 339 g/mol. The fraction of sp³-hybridized carbons (Fsp3) is 0.500. The lowest BCUT2D eigenvalue weighted by Gasteiger charge is -2.46. The summed E-state index contributed by atoms with van der Waals surface area (Å²) in [6.45, 7) is 2.38. The molecule has 2 unspecified atom stereocenters. The van der Waals surface area contributed by atoms with Gasteiger partial charge in [-0.1, -0.05) is 12.1 Å². The minimum atomic E-state index is -0.655. The van der Waals surface area contributed by atoms with Gasteiger partial charge in [0.1, 0.15) is 5.78 Å². The Morgan fingerprint density at radius 1 is 1.40 bits per heavy atom. The number of carbonyl (C=O) groups is 2. The number of rotatable bonds is 4. The molecule has 1 aromatic heterocycles. The average molecular weight is 339 g/mol. The van der Waals surface area contributed by atoms with Crippen LogP contribution in [0.4, 0.5) is 0 Å². The number of primary amides is 1. The Balaban J connectivity index is 1.65. The molecule has 1 aliphatic carbocycles. The van der Waals surface area contributed by atoms with Gasteiger partial charge in [-0.15, -0.1) is 0 Å². The number of amides is 1. The lowest BCUT2D eigenvalue weighted by Crippen LogP contribution is -2.48. The number of H-pyrrole nitrogens is 1. The van der Waals surface area contributed by atoms with Crippen molar-refractivity contribution in [3.05, 3.63) is 35.5 Å². The first-order valence-electron chi connectivity index (χ1n) is 9.04. The molecule has 0 bridgehead atoms. The van der Waals surface area contributed by atoms with E-state index in [1.807, 2.05) is 0 Å². The van der Waals surface area contributed by atoms with Gasteiger partial charge < -0.3 is 15.6 Å². The second kappa shape index (κ2) is 5.99. The Kier molecular flexibility index (Phi) is 3.91. The maximum Gasteiger partial charge on any atom is 0.227 e. The fourth-order valence-corrected chi connectivity index (χ4v) is 5.04. The van der Waals surface area contributed by atoms with Crippen LogP contribution in [0, 0.1) is 11.8 Å². The van der Waals surface area contributed by atoms with Crippen LogP contribution in [0.25, 0.3) is 10.9 Å². The van der Waals surface area contributed by atoms with Crippen molar-refractivity contribution in [3.63, 3.8) is 0 Å². The molecule has 1 aliphatic heterocycles. The highest BCUT2D eigenvalue weighted by Gasteiger charge is 2.40. The highest BCUT2D eigenvalue weighted by molar-refractivity contribution is 5.99. The molecule has 5 nitrogen and oxygen atoms in total. The molecule has 2 aliphatic rings. The summed E-state index contributed by atoms with van der Waals surface area (Å²) in [5.74, 6) is -0.510. The lowest BCUT2D eigenvalue weighted by molar-refractivity contribution is -0.132. The predicted molar refractivity (Wildman–Crippen MR) is 97.3 cm³/mol. The minimum Gasteiger partial charge on any atom is -0.369 e. The van der Waals surface area contributed by atoms with Crippen LogP contribution in [-0.2, 0) is 16.0 Å². The number of Topliss-reactive ketones (excluding diaryl/α,β-unsaturated/α-hetero) is 1. The van der Waals surface area contributed by atoms with Crippen LogP contribution >= 0.6 is 0 Å². The molecule has 4 rings (SSSR count). The van der Waals surface area contributed by atoms with E-state index < -0.39 is 11.8 Å². The van der Waals surface area contributed by atoms with Crippen molar-refractivity contribution in [1.29, 1.82) is 0 Å². The third-order valence-electron chi connectivity index (χ3n) is 6.22. The van der Waals surface area contributed by atoms with Crippen molar-refractivity contribution in [3.8, 4) is 0 Å². The number of nitrogens with zero attached hydrogens (tertiary/aromatic N) is 1. The van der Waals surface area contributed by atoms with E-state index in [0.29, 0.717) is 24.3 Å². The number of benzene rings is 1. The zero-order valence-corrected chi connectivity index (χ0v) is 14.8. The first-order chi connectivity index (χ1) is 12.0. The summed E-state index contributed by atoms with van der Waals surface area (Å²) in [7, 11) is 2.16. The van der Waals surface area contributed by atoms with E-state index >= 15 is 0 Å². The van der Waals surface area contributed by atoms with Crippen molar-refractivity contribution in [1.82, 2.24) is 9.88 Å². The van der Waals surface area contributed by atoms with Gasteiger partial charge in [-0.25, -0.2) is 0 Å². The Morgan fingerprint density at radius 3 is 2.92 bits per heavy atom. The summed E-state index contributed by atoms with van der Waals surface area (Å²) in [5.41, 5.74) is 9.46.